The molecule has 0 spiro atoms. The van der Waals surface area contributed by atoms with Crippen LogP contribution in [0.4, 0.5) is 11.5 Å². The molecule has 1 fully saturated rings. The molecule has 1 aliphatic heterocycles. The highest BCUT2D eigenvalue weighted by molar-refractivity contribution is 5.85. The Kier molecular flexibility index (Phi) is 6.81. The van der Waals surface area contributed by atoms with E-state index in [9.17, 15) is 10.1 Å². The average molecular weight is 430 g/mol. The third kappa shape index (κ3) is 4.65. The predicted molar refractivity (Wildman–Crippen MR) is 125 cm³/mol. The van der Waals surface area contributed by atoms with E-state index in [1.807, 2.05) is 49.4 Å². The fourth-order valence-corrected chi connectivity index (χ4v) is 3.87. The molecule has 7 nitrogen and oxygen atoms in total. The van der Waals surface area contributed by atoms with Gasteiger partial charge in [-0.15, -0.1) is 0 Å². The van der Waals surface area contributed by atoms with Gasteiger partial charge in [-0.1, -0.05) is 43.7 Å². The number of hydrogen-bond acceptors (Lipinski definition) is 7. The van der Waals surface area contributed by atoms with Crippen LogP contribution in [0, 0.1) is 11.3 Å². The number of piperazine rings is 1. The normalized spacial score (nSPS) is 14.8. The van der Waals surface area contributed by atoms with Crippen molar-refractivity contribution in [2.24, 2.45) is 0 Å². The number of anilines is 2. The summed E-state index contributed by atoms with van der Waals surface area (Å²) in [6, 6.07) is 19.9. The van der Waals surface area contributed by atoms with Crippen molar-refractivity contribution in [1.82, 2.24) is 9.97 Å². The molecule has 0 unspecified atom stereocenters. The molecule has 0 bridgehead atoms. The Morgan fingerprint density at radius 1 is 1.00 bits per heavy atom. The number of rotatable bonds is 7. The number of hydrogen-bond donors (Lipinski definition) is 0. The number of ether oxygens (including phenoxy) is 1. The van der Waals surface area contributed by atoms with E-state index in [1.165, 1.54) is 5.69 Å². The van der Waals surface area contributed by atoms with Crippen molar-refractivity contribution >= 4 is 28.5 Å². The first-order valence-electron chi connectivity index (χ1n) is 11.1. The summed E-state index contributed by atoms with van der Waals surface area (Å²) in [7, 11) is 0. The molecule has 164 valence electrons. The molecular weight excluding hydrogens is 402 g/mol. The van der Waals surface area contributed by atoms with E-state index < -0.39 is 11.9 Å². The van der Waals surface area contributed by atoms with E-state index in [1.54, 1.807) is 0 Å². The molecule has 0 saturated carbocycles. The van der Waals surface area contributed by atoms with E-state index in [4.69, 9.17) is 14.7 Å². The minimum atomic E-state index is -1.11. The number of carbonyl (C=O) groups excluding carboxylic acids is 1. The highest BCUT2D eigenvalue weighted by Crippen LogP contribution is 2.29. The van der Waals surface area contributed by atoms with Gasteiger partial charge in [0, 0.05) is 31.9 Å². The topological polar surface area (TPSA) is 82.3 Å². The van der Waals surface area contributed by atoms with Crippen molar-refractivity contribution in [3.05, 3.63) is 60.3 Å². The zero-order valence-corrected chi connectivity index (χ0v) is 18.3. The van der Waals surface area contributed by atoms with Crippen molar-refractivity contribution in [2.75, 3.05) is 42.6 Å². The van der Waals surface area contributed by atoms with Crippen LogP contribution in [-0.4, -0.2) is 48.7 Å². The Balaban J connectivity index is 1.63. The second kappa shape index (κ2) is 10.1. The number of unbranched alkanes of at least 4 members (excludes halogenated alkanes) is 1. The smallest absolute Gasteiger partial charge is 0.329 e. The van der Waals surface area contributed by atoms with Crippen LogP contribution in [0.15, 0.2) is 54.6 Å². The van der Waals surface area contributed by atoms with Crippen LogP contribution < -0.4 is 9.80 Å². The Labute approximate surface area is 188 Å². The summed E-state index contributed by atoms with van der Waals surface area (Å²) in [6.07, 6.45) is 1.68. The lowest BCUT2D eigenvalue weighted by Crippen LogP contribution is -2.47. The van der Waals surface area contributed by atoms with Crippen LogP contribution in [0.3, 0.4) is 0 Å². The number of fused-ring (bicyclic) bond motifs is 1. The standard InChI is InChI=1S/C25H27N5O2/c1-2-3-17-32-25(31)20(18-26)23-24(28-22-12-8-7-11-21(22)27-23)30-15-13-29(14-16-30)19-9-5-4-6-10-19/h4-12,20H,2-3,13-17H2,1H3/t20-/m1/s1. The van der Waals surface area contributed by atoms with Gasteiger partial charge >= 0.3 is 5.97 Å². The maximum absolute atomic E-state index is 12.7. The number of esters is 1. The van der Waals surface area contributed by atoms with Gasteiger partial charge < -0.3 is 14.5 Å². The summed E-state index contributed by atoms with van der Waals surface area (Å²) >= 11 is 0. The maximum atomic E-state index is 12.7. The van der Waals surface area contributed by atoms with E-state index in [2.05, 4.69) is 28.0 Å². The fraction of sp³-hybridized carbons (Fsp3) is 0.360. The van der Waals surface area contributed by atoms with E-state index in [-0.39, 0.29) is 0 Å². The van der Waals surface area contributed by atoms with Gasteiger partial charge in [-0.25, -0.2) is 9.97 Å². The number of para-hydroxylation sites is 3. The van der Waals surface area contributed by atoms with E-state index in [0.29, 0.717) is 23.6 Å². The fourth-order valence-electron chi connectivity index (χ4n) is 3.87. The van der Waals surface area contributed by atoms with Crippen molar-refractivity contribution in [3.63, 3.8) is 0 Å². The van der Waals surface area contributed by atoms with Crippen LogP contribution in [0.5, 0.6) is 0 Å². The van der Waals surface area contributed by atoms with E-state index >= 15 is 0 Å². The Bertz CT molecular complexity index is 1100. The molecular formula is C25H27N5O2. The van der Waals surface area contributed by atoms with Gasteiger partial charge in [-0.05, 0) is 30.7 Å². The van der Waals surface area contributed by atoms with Crippen molar-refractivity contribution in [1.29, 1.82) is 5.26 Å². The largest absolute Gasteiger partial charge is 0.464 e. The van der Waals surface area contributed by atoms with Crippen LogP contribution in [-0.2, 0) is 9.53 Å². The molecule has 1 saturated heterocycles. The second-order valence-corrected chi connectivity index (χ2v) is 7.81. The highest BCUT2D eigenvalue weighted by Gasteiger charge is 2.31. The number of carbonyl (C=O) groups is 1. The summed E-state index contributed by atoms with van der Waals surface area (Å²) in [6.45, 7) is 5.40. The Morgan fingerprint density at radius 3 is 2.28 bits per heavy atom. The van der Waals surface area contributed by atoms with E-state index in [0.717, 1.165) is 44.5 Å². The third-order valence-corrected chi connectivity index (χ3v) is 5.66. The van der Waals surface area contributed by atoms with Gasteiger partial charge in [0.15, 0.2) is 11.7 Å². The minimum Gasteiger partial charge on any atom is -0.464 e. The molecule has 0 radical (unpaired) electrons. The molecule has 32 heavy (non-hydrogen) atoms. The summed E-state index contributed by atoms with van der Waals surface area (Å²) in [5.41, 5.74) is 2.97. The highest BCUT2D eigenvalue weighted by atomic mass is 16.5. The Hall–Kier alpha value is -3.66. The molecule has 2 heterocycles. The monoisotopic (exact) mass is 429 g/mol. The molecule has 0 aliphatic carbocycles. The number of benzene rings is 2. The lowest BCUT2D eigenvalue weighted by atomic mass is 10.1. The molecule has 3 aromatic rings. The molecule has 0 amide bonds. The summed E-state index contributed by atoms with van der Waals surface area (Å²) in [5, 5.41) is 9.85. The van der Waals surface area contributed by atoms with Crippen molar-refractivity contribution in [2.45, 2.75) is 25.7 Å². The average Bonchev–Trinajstić information content (AvgIpc) is 2.85. The molecule has 7 heteroatoms. The van der Waals surface area contributed by atoms with Crippen LogP contribution in [0.2, 0.25) is 0 Å². The van der Waals surface area contributed by atoms with Crippen LogP contribution in [0.25, 0.3) is 11.0 Å². The third-order valence-electron chi connectivity index (χ3n) is 5.66. The maximum Gasteiger partial charge on any atom is 0.329 e. The van der Waals surface area contributed by atoms with Gasteiger partial charge in [0.1, 0.15) is 5.69 Å². The Morgan fingerprint density at radius 2 is 1.62 bits per heavy atom. The zero-order chi connectivity index (χ0) is 22.3. The predicted octanol–water partition coefficient (Wildman–Crippen LogP) is 3.91. The van der Waals surface area contributed by atoms with Crippen molar-refractivity contribution in [3.8, 4) is 6.07 Å². The SMILES string of the molecule is CCCCOC(=O)[C@H](C#N)c1nc2ccccc2nc1N1CCN(c2ccccc2)CC1. The molecule has 2 aromatic carbocycles. The second-order valence-electron chi connectivity index (χ2n) is 7.81. The first kappa shape index (κ1) is 21.6. The number of nitrogens with zero attached hydrogens (tertiary/aromatic N) is 5. The van der Waals surface area contributed by atoms with Gasteiger partial charge in [0.2, 0.25) is 0 Å². The molecule has 4 rings (SSSR count). The molecule has 1 atom stereocenters. The summed E-state index contributed by atoms with van der Waals surface area (Å²) < 4.78 is 5.36. The van der Waals surface area contributed by atoms with Gasteiger partial charge in [0.05, 0.1) is 23.7 Å². The zero-order valence-electron chi connectivity index (χ0n) is 18.3. The van der Waals surface area contributed by atoms with Gasteiger partial charge in [-0.3, -0.25) is 4.79 Å². The summed E-state index contributed by atoms with van der Waals surface area (Å²) in [5.74, 6) is -1.07. The molecule has 0 N–H and O–H groups in total. The molecule has 1 aromatic heterocycles. The first-order chi connectivity index (χ1) is 15.7. The lowest BCUT2D eigenvalue weighted by Gasteiger charge is -2.37. The molecule has 1 aliphatic rings. The minimum absolute atomic E-state index is 0.305. The van der Waals surface area contributed by atoms with Crippen LogP contribution in [0.1, 0.15) is 31.4 Å². The summed E-state index contributed by atoms with van der Waals surface area (Å²) in [4.78, 5) is 26.7. The first-order valence-corrected chi connectivity index (χ1v) is 11.1. The lowest BCUT2D eigenvalue weighted by molar-refractivity contribution is -0.144. The van der Waals surface area contributed by atoms with Crippen molar-refractivity contribution < 1.29 is 9.53 Å². The van der Waals surface area contributed by atoms with Crippen LogP contribution >= 0.6 is 0 Å². The van der Waals surface area contributed by atoms with Gasteiger partial charge in [0.25, 0.3) is 0 Å². The quantitative estimate of drug-likeness (QED) is 0.416. The van der Waals surface area contributed by atoms with Gasteiger partial charge in [-0.2, -0.15) is 5.26 Å². The number of aromatic nitrogens is 2. The number of nitriles is 1.